The summed E-state index contributed by atoms with van der Waals surface area (Å²) in [4.78, 5) is 46.6. The van der Waals surface area contributed by atoms with Gasteiger partial charge in [0.15, 0.2) is 0 Å². The summed E-state index contributed by atoms with van der Waals surface area (Å²) in [5, 5.41) is 2.81. The molecule has 0 radical (unpaired) electrons. The summed E-state index contributed by atoms with van der Waals surface area (Å²) < 4.78 is 130. The molecule has 2 aromatic rings. The fourth-order valence-corrected chi connectivity index (χ4v) is 5.09. The fourth-order valence-electron chi connectivity index (χ4n) is 5.09. The zero-order chi connectivity index (χ0) is 48.0. The van der Waals surface area contributed by atoms with Crippen molar-refractivity contribution in [3.8, 4) is 5.75 Å². The third kappa shape index (κ3) is 28.9. The van der Waals surface area contributed by atoms with Crippen LogP contribution >= 0.6 is 0 Å². The van der Waals surface area contributed by atoms with E-state index in [4.69, 9.17) is 52.1 Å². The lowest BCUT2D eigenvalue weighted by atomic mass is 10.0. The molecule has 0 aromatic heterocycles. The van der Waals surface area contributed by atoms with Gasteiger partial charge in [-0.25, -0.2) is 13.2 Å². The Morgan fingerprint density at radius 3 is 1.09 bits per heavy atom. The maximum atomic E-state index is 13.6. The first-order chi connectivity index (χ1) is 32.0. The molecule has 2 rings (SSSR count). The van der Waals surface area contributed by atoms with Gasteiger partial charge in [-0.05, 0) is 31.0 Å². The molecule has 1 amide bonds. The predicted molar refractivity (Wildman–Crippen MR) is 224 cm³/mol. The van der Waals surface area contributed by atoms with Gasteiger partial charge in [-0.15, -0.1) is 0 Å². The van der Waals surface area contributed by atoms with E-state index in [0.29, 0.717) is 131 Å². The number of anilines is 1. The molecule has 0 fully saturated rings. The first kappa shape index (κ1) is 58.1. The van der Waals surface area contributed by atoms with Gasteiger partial charge in [-0.1, -0.05) is 12.1 Å². The molecule has 1 N–H and O–H groups in total. The topological polar surface area (TPSA) is 191 Å². The Hall–Kier alpha value is -4.07. The second kappa shape index (κ2) is 38.0. The lowest BCUT2D eigenvalue weighted by Crippen LogP contribution is -2.16. The average molecular weight is 956 g/mol. The normalized spacial score (nSPS) is 11.3. The second-order valence-corrected chi connectivity index (χ2v) is 13.8. The molecule has 0 saturated heterocycles. The maximum absolute atomic E-state index is 13.6. The van der Waals surface area contributed by atoms with E-state index in [0.717, 1.165) is 5.56 Å². The number of ketones is 2. The Morgan fingerprint density at radius 1 is 0.424 bits per heavy atom. The molecule has 0 bridgehead atoms. The predicted octanol–water partition coefficient (Wildman–Crippen LogP) is 4.37. The summed E-state index contributed by atoms with van der Waals surface area (Å²) in [5.41, 5.74) is 1.61. The molecule has 0 aliphatic heterocycles. The molecular weight excluding hydrogens is 893 g/mol. The summed E-state index contributed by atoms with van der Waals surface area (Å²) in [6, 6.07) is 7.24. The minimum Gasteiger partial charge on any atom is -0.420 e. The molecule has 0 unspecified atom stereocenters. The van der Waals surface area contributed by atoms with Crippen molar-refractivity contribution < 1.29 is 98.0 Å². The van der Waals surface area contributed by atoms with Crippen LogP contribution in [0.3, 0.4) is 0 Å². The SMILES string of the molecule is CC(=O)CC(=O)CCc1ccc(NC(=O)CCOCCOCCOCCOCCOCCOCCOCCOCCOCCOCCOCCC(=O)Oc2c(F)c(F)c(F)c(F)c2F)cc1. The highest BCUT2D eigenvalue weighted by Gasteiger charge is 2.28. The number of carbonyl (C=O) groups is 4. The van der Waals surface area contributed by atoms with E-state index in [-0.39, 0.29) is 63.3 Å². The minimum atomic E-state index is -2.36. The van der Waals surface area contributed by atoms with Crippen molar-refractivity contribution in [1.29, 1.82) is 0 Å². The molecule has 0 aliphatic carbocycles. The first-order valence-electron chi connectivity index (χ1n) is 21.5. The second-order valence-electron chi connectivity index (χ2n) is 13.8. The third-order valence-corrected chi connectivity index (χ3v) is 8.41. The van der Waals surface area contributed by atoms with E-state index in [1.165, 1.54) is 6.92 Å². The Kier molecular flexibility index (Phi) is 33.4. The fraction of sp³-hybridized carbons (Fsp3) is 0.636. The van der Waals surface area contributed by atoms with Crippen molar-refractivity contribution in [3.05, 3.63) is 58.9 Å². The molecule has 374 valence electrons. The van der Waals surface area contributed by atoms with Crippen molar-refractivity contribution in [2.75, 3.05) is 151 Å². The van der Waals surface area contributed by atoms with Crippen LogP contribution in [0.2, 0.25) is 0 Å². The van der Waals surface area contributed by atoms with Crippen molar-refractivity contribution in [3.63, 3.8) is 0 Å². The molecule has 22 heteroatoms. The highest BCUT2D eigenvalue weighted by molar-refractivity contribution is 5.98. The molecule has 66 heavy (non-hydrogen) atoms. The number of esters is 1. The van der Waals surface area contributed by atoms with Crippen molar-refractivity contribution in [2.45, 2.75) is 39.0 Å². The number of hydrogen-bond acceptors (Lipinski definition) is 16. The van der Waals surface area contributed by atoms with E-state index in [9.17, 15) is 41.1 Å². The Bertz CT molecular complexity index is 1630. The monoisotopic (exact) mass is 955 g/mol. The summed E-state index contributed by atoms with van der Waals surface area (Å²) in [7, 11) is 0. The van der Waals surface area contributed by atoms with Crippen molar-refractivity contribution in [1.82, 2.24) is 0 Å². The van der Waals surface area contributed by atoms with Gasteiger partial charge in [0.05, 0.1) is 165 Å². The number of halogens is 5. The molecule has 0 aliphatic rings. The smallest absolute Gasteiger partial charge is 0.313 e. The number of amides is 1. The number of carbonyl (C=O) groups excluding carboxylic acids is 4. The van der Waals surface area contributed by atoms with E-state index in [1.807, 2.05) is 12.1 Å². The number of nitrogens with one attached hydrogen (secondary N) is 1. The first-order valence-corrected chi connectivity index (χ1v) is 21.5. The van der Waals surface area contributed by atoms with Gasteiger partial charge >= 0.3 is 5.97 Å². The van der Waals surface area contributed by atoms with E-state index in [1.54, 1.807) is 12.1 Å². The number of aryl methyl sites for hydroxylation is 1. The summed E-state index contributed by atoms with van der Waals surface area (Å²) in [6.07, 6.45) is 0.517. The molecule has 0 saturated carbocycles. The van der Waals surface area contributed by atoms with Gasteiger partial charge in [0.25, 0.3) is 0 Å². The average Bonchev–Trinajstić information content (AvgIpc) is 3.29. The van der Waals surface area contributed by atoms with Gasteiger partial charge in [-0.3, -0.25) is 19.2 Å². The highest BCUT2D eigenvalue weighted by atomic mass is 19.2. The van der Waals surface area contributed by atoms with Crippen LogP contribution in [0.1, 0.15) is 38.2 Å². The lowest BCUT2D eigenvalue weighted by molar-refractivity contribution is -0.136. The van der Waals surface area contributed by atoms with E-state index >= 15 is 0 Å². The number of ether oxygens (including phenoxy) is 12. The lowest BCUT2D eigenvalue weighted by Gasteiger charge is -2.09. The molecular formula is C44H62F5NO16. The Morgan fingerprint density at radius 2 is 0.742 bits per heavy atom. The van der Waals surface area contributed by atoms with Crippen LogP contribution in [0.15, 0.2) is 24.3 Å². The summed E-state index contributed by atoms with van der Waals surface area (Å²) >= 11 is 0. The Labute approximate surface area is 381 Å². The van der Waals surface area contributed by atoms with Gasteiger partial charge in [0.2, 0.25) is 40.7 Å². The summed E-state index contributed by atoms with van der Waals surface area (Å²) in [5.74, 6) is -14.6. The van der Waals surface area contributed by atoms with Gasteiger partial charge in [-0.2, -0.15) is 8.78 Å². The van der Waals surface area contributed by atoms with Crippen LogP contribution in [0, 0.1) is 29.1 Å². The Balaban J connectivity index is 1.21. The molecule has 0 heterocycles. The zero-order valence-corrected chi connectivity index (χ0v) is 37.3. The number of hydrogen-bond donors (Lipinski definition) is 1. The van der Waals surface area contributed by atoms with Crippen molar-refractivity contribution in [2.24, 2.45) is 0 Å². The highest BCUT2D eigenvalue weighted by Crippen LogP contribution is 2.29. The van der Waals surface area contributed by atoms with E-state index in [2.05, 4.69) is 10.1 Å². The van der Waals surface area contributed by atoms with Crippen molar-refractivity contribution >= 4 is 29.1 Å². The van der Waals surface area contributed by atoms with Crippen LogP contribution in [0.4, 0.5) is 27.6 Å². The zero-order valence-electron chi connectivity index (χ0n) is 37.3. The number of benzene rings is 2. The number of Topliss-reactive ketones (excluding diaryl/α,β-unsaturated/α-hetero) is 2. The largest absolute Gasteiger partial charge is 0.420 e. The molecule has 0 atom stereocenters. The van der Waals surface area contributed by atoms with Gasteiger partial charge in [0, 0.05) is 12.1 Å². The van der Waals surface area contributed by atoms with Crippen LogP contribution < -0.4 is 10.1 Å². The van der Waals surface area contributed by atoms with Crippen LogP contribution in [0.5, 0.6) is 5.75 Å². The standard InChI is InChI=1S/C44H62F5NO16/c1-33(51)32-36(52)7-4-34-2-5-35(6-3-34)50-37(53)8-10-55-12-14-57-16-18-59-20-22-61-24-26-63-28-30-65-31-29-64-27-25-62-23-21-60-19-17-58-15-13-56-11-9-38(54)66-44-42(48)40(46)39(45)41(47)43(44)49/h2-3,5-6H,4,7-32H2,1H3,(H,50,53). The molecule has 17 nitrogen and oxygen atoms in total. The summed E-state index contributed by atoms with van der Waals surface area (Å²) in [6.45, 7) is 8.56. The quantitative estimate of drug-likeness (QED) is 0.0187. The van der Waals surface area contributed by atoms with Crippen LogP contribution in [-0.4, -0.2) is 169 Å². The molecule has 2 aromatic carbocycles. The van der Waals surface area contributed by atoms with Crippen LogP contribution in [-0.2, 0) is 77.7 Å². The molecule has 0 spiro atoms. The maximum Gasteiger partial charge on any atom is 0.313 e. The third-order valence-electron chi connectivity index (χ3n) is 8.41. The van der Waals surface area contributed by atoms with Gasteiger partial charge in [0.1, 0.15) is 11.6 Å². The number of rotatable bonds is 43. The van der Waals surface area contributed by atoms with Gasteiger partial charge < -0.3 is 62.2 Å². The minimum absolute atomic E-state index is 0.0372. The van der Waals surface area contributed by atoms with E-state index < -0.39 is 47.2 Å². The van der Waals surface area contributed by atoms with Crippen LogP contribution in [0.25, 0.3) is 0 Å².